The molecule has 0 saturated heterocycles. The van der Waals surface area contributed by atoms with Gasteiger partial charge < -0.3 is 14.0 Å². The zero-order valence-corrected chi connectivity index (χ0v) is 10.6. The lowest BCUT2D eigenvalue weighted by Crippen LogP contribution is -1.93. The summed E-state index contributed by atoms with van der Waals surface area (Å²) in [5.41, 5.74) is 3.55. The molecule has 2 heterocycles. The molecule has 0 amide bonds. The van der Waals surface area contributed by atoms with E-state index in [0.717, 1.165) is 17.1 Å². The summed E-state index contributed by atoms with van der Waals surface area (Å²) in [6.45, 7) is 0.313. The van der Waals surface area contributed by atoms with Crippen LogP contribution in [0.1, 0.15) is 0 Å². The molecule has 3 heteroatoms. The van der Waals surface area contributed by atoms with Gasteiger partial charge in [0.2, 0.25) is 6.79 Å². The van der Waals surface area contributed by atoms with Crippen molar-refractivity contribution in [2.24, 2.45) is 7.05 Å². The van der Waals surface area contributed by atoms with Gasteiger partial charge in [-0.3, -0.25) is 0 Å². The highest BCUT2D eigenvalue weighted by atomic mass is 16.7. The summed E-state index contributed by atoms with van der Waals surface area (Å²) in [6, 6.07) is 16.7. The molecule has 0 fully saturated rings. The van der Waals surface area contributed by atoms with Crippen molar-refractivity contribution < 1.29 is 9.47 Å². The van der Waals surface area contributed by atoms with Crippen LogP contribution < -0.4 is 9.47 Å². The highest BCUT2D eigenvalue weighted by Gasteiger charge is 2.15. The molecule has 0 unspecified atom stereocenters. The summed E-state index contributed by atoms with van der Waals surface area (Å²) < 4.78 is 13.0. The normalized spacial score (nSPS) is 13.1. The second kappa shape index (κ2) is 3.79. The summed E-state index contributed by atoms with van der Waals surface area (Å²) in [7, 11) is 2.09. The Hall–Kier alpha value is -2.42. The van der Waals surface area contributed by atoms with E-state index in [1.165, 1.54) is 16.6 Å². The number of ether oxygens (including phenoxy) is 2. The van der Waals surface area contributed by atoms with Crippen molar-refractivity contribution in [3.8, 4) is 22.8 Å². The fourth-order valence-corrected chi connectivity index (χ4v) is 2.62. The van der Waals surface area contributed by atoms with Crippen LogP contribution in [0.3, 0.4) is 0 Å². The highest BCUT2D eigenvalue weighted by Crippen LogP contribution is 2.37. The van der Waals surface area contributed by atoms with Gasteiger partial charge in [-0.25, -0.2) is 0 Å². The van der Waals surface area contributed by atoms with Crippen molar-refractivity contribution in [2.45, 2.75) is 0 Å². The maximum atomic E-state index is 5.44. The molecular weight excluding hydrogens is 238 g/mol. The number of aryl methyl sites for hydroxylation is 1. The number of fused-ring (bicyclic) bond motifs is 2. The van der Waals surface area contributed by atoms with Crippen molar-refractivity contribution >= 4 is 10.9 Å². The minimum Gasteiger partial charge on any atom is -0.454 e. The van der Waals surface area contributed by atoms with E-state index in [-0.39, 0.29) is 0 Å². The van der Waals surface area contributed by atoms with Crippen LogP contribution in [-0.4, -0.2) is 11.4 Å². The second-order valence-electron chi connectivity index (χ2n) is 4.72. The average molecular weight is 251 g/mol. The molecule has 0 spiro atoms. The Balaban J connectivity index is 1.92. The predicted octanol–water partition coefficient (Wildman–Crippen LogP) is 3.57. The molecule has 2 aromatic carbocycles. The molecule has 1 aliphatic rings. The summed E-state index contributed by atoms with van der Waals surface area (Å²) in [5.74, 6) is 1.64. The summed E-state index contributed by atoms with van der Waals surface area (Å²) in [5, 5.41) is 1.25. The smallest absolute Gasteiger partial charge is 0.231 e. The Morgan fingerprint density at radius 1 is 0.947 bits per heavy atom. The molecule has 1 aromatic heterocycles. The standard InChI is InChI=1S/C16H13NO2/c1-17-13-5-3-2-4-11(13)8-14(17)12-6-7-15-16(9-12)19-10-18-15/h2-9H,10H2,1H3. The van der Waals surface area contributed by atoms with E-state index >= 15 is 0 Å². The Labute approximate surface area is 111 Å². The Bertz CT molecular complexity index is 774. The number of hydrogen-bond acceptors (Lipinski definition) is 2. The topological polar surface area (TPSA) is 23.4 Å². The minimum atomic E-state index is 0.313. The maximum absolute atomic E-state index is 5.44. The molecule has 0 radical (unpaired) electrons. The molecule has 94 valence electrons. The van der Waals surface area contributed by atoms with Gasteiger partial charge in [0.05, 0.1) is 0 Å². The van der Waals surface area contributed by atoms with E-state index in [1.54, 1.807) is 0 Å². The number of aromatic nitrogens is 1. The van der Waals surface area contributed by atoms with Crippen LogP contribution in [0.15, 0.2) is 48.5 Å². The number of hydrogen-bond donors (Lipinski definition) is 0. The van der Waals surface area contributed by atoms with E-state index in [2.05, 4.69) is 48.0 Å². The lowest BCUT2D eigenvalue weighted by molar-refractivity contribution is 0.174. The summed E-state index contributed by atoms with van der Waals surface area (Å²) in [4.78, 5) is 0. The molecule has 3 nitrogen and oxygen atoms in total. The average Bonchev–Trinajstić information content (AvgIpc) is 3.03. The molecule has 1 aliphatic heterocycles. The van der Waals surface area contributed by atoms with Crippen LogP contribution in [0, 0.1) is 0 Å². The van der Waals surface area contributed by atoms with Gasteiger partial charge in [-0.15, -0.1) is 0 Å². The first-order valence-corrected chi connectivity index (χ1v) is 6.27. The van der Waals surface area contributed by atoms with Gasteiger partial charge in [0, 0.05) is 29.2 Å². The second-order valence-corrected chi connectivity index (χ2v) is 4.72. The monoisotopic (exact) mass is 251 g/mol. The largest absolute Gasteiger partial charge is 0.454 e. The Kier molecular flexibility index (Phi) is 2.09. The van der Waals surface area contributed by atoms with Crippen LogP contribution in [0.2, 0.25) is 0 Å². The van der Waals surface area contributed by atoms with Crippen molar-refractivity contribution in [3.05, 3.63) is 48.5 Å². The summed E-state index contributed by atoms with van der Waals surface area (Å²) >= 11 is 0. The maximum Gasteiger partial charge on any atom is 0.231 e. The number of para-hydroxylation sites is 1. The molecule has 3 aromatic rings. The summed E-state index contributed by atoms with van der Waals surface area (Å²) in [6.07, 6.45) is 0. The van der Waals surface area contributed by atoms with E-state index in [0.29, 0.717) is 6.79 Å². The van der Waals surface area contributed by atoms with Gasteiger partial charge in [-0.2, -0.15) is 0 Å². The SMILES string of the molecule is Cn1c(-c2ccc3c(c2)OCO3)cc2ccccc21. The van der Waals surface area contributed by atoms with Gasteiger partial charge in [-0.1, -0.05) is 18.2 Å². The molecule has 0 saturated carbocycles. The predicted molar refractivity (Wildman–Crippen MR) is 74.5 cm³/mol. The minimum absolute atomic E-state index is 0.313. The number of benzene rings is 2. The lowest BCUT2D eigenvalue weighted by atomic mass is 10.1. The van der Waals surface area contributed by atoms with Crippen LogP contribution in [0.25, 0.3) is 22.2 Å². The van der Waals surface area contributed by atoms with E-state index in [1.807, 2.05) is 12.1 Å². The van der Waals surface area contributed by atoms with Crippen molar-refractivity contribution in [1.82, 2.24) is 4.57 Å². The fourth-order valence-electron chi connectivity index (χ4n) is 2.62. The van der Waals surface area contributed by atoms with Gasteiger partial charge in [0.1, 0.15) is 0 Å². The third-order valence-corrected chi connectivity index (χ3v) is 3.62. The molecule has 0 N–H and O–H groups in total. The van der Waals surface area contributed by atoms with Gasteiger partial charge in [-0.05, 0) is 30.3 Å². The van der Waals surface area contributed by atoms with Crippen LogP contribution in [0.4, 0.5) is 0 Å². The van der Waals surface area contributed by atoms with Crippen LogP contribution in [0.5, 0.6) is 11.5 Å². The highest BCUT2D eigenvalue weighted by molar-refractivity contribution is 5.87. The lowest BCUT2D eigenvalue weighted by Gasteiger charge is -2.05. The molecule has 0 bridgehead atoms. The fraction of sp³-hybridized carbons (Fsp3) is 0.125. The Morgan fingerprint density at radius 2 is 1.79 bits per heavy atom. The van der Waals surface area contributed by atoms with Crippen molar-refractivity contribution in [3.63, 3.8) is 0 Å². The third-order valence-electron chi connectivity index (χ3n) is 3.62. The van der Waals surface area contributed by atoms with Gasteiger partial charge in [0.15, 0.2) is 11.5 Å². The number of rotatable bonds is 1. The molecule has 19 heavy (non-hydrogen) atoms. The zero-order chi connectivity index (χ0) is 12.8. The molecule has 0 aliphatic carbocycles. The Morgan fingerprint density at radius 3 is 2.68 bits per heavy atom. The first kappa shape index (κ1) is 10.5. The van der Waals surface area contributed by atoms with Gasteiger partial charge in [0.25, 0.3) is 0 Å². The van der Waals surface area contributed by atoms with Gasteiger partial charge >= 0.3 is 0 Å². The van der Waals surface area contributed by atoms with E-state index in [9.17, 15) is 0 Å². The molecular formula is C16H13NO2. The molecule has 4 rings (SSSR count). The zero-order valence-electron chi connectivity index (χ0n) is 10.6. The third kappa shape index (κ3) is 1.51. The van der Waals surface area contributed by atoms with Crippen molar-refractivity contribution in [1.29, 1.82) is 0 Å². The first-order valence-electron chi connectivity index (χ1n) is 6.27. The van der Waals surface area contributed by atoms with Crippen LogP contribution >= 0.6 is 0 Å². The van der Waals surface area contributed by atoms with Crippen LogP contribution in [-0.2, 0) is 7.05 Å². The molecule has 0 atom stereocenters. The quantitative estimate of drug-likeness (QED) is 0.660. The van der Waals surface area contributed by atoms with E-state index < -0.39 is 0 Å². The number of nitrogens with zero attached hydrogens (tertiary/aromatic N) is 1. The first-order chi connectivity index (χ1) is 9.33. The van der Waals surface area contributed by atoms with Crippen molar-refractivity contribution in [2.75, 3.05) is 6.79 Å². The van der Waals surface area contributed by atoms with E-state index in [4.69, 9.17) is 9.47 Å².